The second-order valence-electron chi connectivity index (χ2n) is 2.72. The van der Waals surface area contributed by atoms with Gasteiger partial charge in [0, 0.05) is 12.3 Å². The van der Waals surface area contributed by atoms with Crippen LogP contribution in [0, 0.1) is 0 Å². The van der Waals surface area contributed by atoms with Gasteiger partial charge in [-0.25, -0.2) is 0 Å². The maximum atomic E-state index is 5.61. The van der Waals surface area contributed by atoms with E-state index in [1.54, 1.807) is 16.9 Å². The van der Waals surface area contributed by atoms with Gasteiger partial charge in [0.1, 0.15) is 0 Å². The van der Waals surface area contributed by atoms with Crippen molar-refractivity contribution < 1.29 is 4.52 Å². The van der Waals surface area contributed by atoms with E-state index in [9.17, 15) is 0 Å². The molecule has 78 valence electrons. The van der Waals surface area contributed by atoms with Crippen LogP contribution >= 0.6 is 29.2 Å². The monoisotopic (exact) mass is 257 g/mol. The highest BCUT2D eigenvalue weighted by Crippen LogP contribution is 2.63. The van der Waals surface area contributed by atoms with Crippen LogP contribution in [0.4, 0.5) is 0 Å². The van der Waals surface area contributed by atoms with Crippen LogP contribution in [0.3, 0.4) is 0 Å². The molecule has 13 heavy (non-hydrogen) atoms. The molecule has 0 bridgehead atoms. The minimum Gasteiger partial charge on any atom is -0.327 e. The maximum Gasteiger partial charge on any atom is 0.213 e. The predicted molar refractivity (Wildman–Crippen MR) is 70.1 cm³/mol. The average Bonchev–Trinajstić information content (AvgIpc) is 2.02. The van der Waals surface area contributed by atoms with E-state index in [4.69, 9.17) is 28.5 Å². The molecular formula is C7H16NOPS3. The fourth-order valence-electron chi connectivity index (χ4n) is 0.683. The molecule has 0 aromatic carbocycles. The van der Waals surface area contributed by atoms with Gasteiger partial charge < -0.3 is 9.19 Å². The Morgan fingerprint density at radius 3 is 2.46 bits per heavy atom. The van der Waals surface area contributed by atoms with Crippen LogP contribution in [0.15, 0.2) is 0 Å². The molecule has 0 rings (SSSR count). The summed E-state index contributed by atoms with van der Waals surface area (Å²) in [6.45, 7) is 6.83. The quantitative estimate of drug-likeness (QED) is 0.533. The van der Waals surface area contributed by atoms with Crippen molar-refractivity contribution in [2.45, 2.75) is 26.0 Å². The smallest absolute Gasteiger partial charge is 0.213 e. The summed E-state index contributed by atoms with van der Waals surface area (Å²) >= 11 is 12.0. The SMILES string of the molecule is CCOP(=S)(SC(C)C)N(C)C=S. The Bertz CT molecular complexity index is 210. The maximum absolute atomic E-state index is 5.61. The molecule has 0 amide bonds. The Kier molecular flexibility index (Phi) is 6.77. The molecule has 0 N–H and O–H groups in total. The minimum atomic E-state index is -1.94. The molecule has 6 heteroatoms. The zero-order valence-electron chi connectivity index (χ0n) is 8.39. The average molecular weight is 257 g/mol. The van der Waals surface area contributed by atoms with E-state index in [2.05, 4.69) is 13.8 Å². The first-order chi connectivity index (χ1) is 5.96. The Balaban J connectivity index is 4.51. The molecule has 0 radical (unpaired) electrons. The summed E-state index contributed by atoms with van der Waals surface area (Å²) in [6.07, 6.45) is 0. The molecule has 0 saturated carbocycles. The Hall–Kier alpha value is 0.850. The van der Waals surface area contributed by atoms with Crippen LogP contribution in [0.2, 0.25) is 0 Å². The number of hydrogen-bond acceptors (Lipinski definition) is 4. The molecule has 0 aliphatic rings. The van der Waals surface area contributed by atoms with Gasteiger partial charge in [0.15, 0.2) is 0 Å². The van der Waals surface area contributed by atoms with Crippen molar-refractivity contribution in [3.05, 3.63) is 0 Å². The zero-order valence-corrected chi connectivity index (χ0v) is 11.7. The number of hydrogen-bond donors (Lipinski definition) is 0. The molecule has 0 saturated heterocycles. The van der Waals surface area contributed by atoms with Gasteiger partial charge in [-0.15, -0.1) is 0 Å². The van der Waals surface area contributed by atoms with Gasteiger partial charge in [-0.2, -0.15) is 0 Å². The van der Waals surface area contributed by atoms with Crippen LogP contribution in [0.5, 0.6) is 0 Å². The van der Waals surface area contributed by atoms with E-state index in [0.29, 0.717) is 11.9 Å². The van der Waals surface area contributed by atoms with E-state index >= 15 is 0 Å². The predicted octanol–water partition coefficient (Wildman–Crippen LogP) is 3.28. The van der Waals surface area contributed by atoms with Gasteiger partial charge in [0.25, 0.3) is 0 Å². The molecule has 0 heterocycles. The van der Waals surface area contributed by atoms with Crippen LogP contribution in [0.1, 0.15) is 20.8 Å². The van der Waals surface area contributed by atoms with Crippen molar-refractivity contribution >= 4 is 46.5 Å². The van der Waals surface area contributed by atoms with Crippen molar-refractivity contribution in [1.29, 1.82) is 0 Å². The van der Waals surface area contributed by atoms with Crippen molar-refractivity contribution in [3.8, 4) is 0 Å². The van der Waals surface area contributed by atoms with Crippen LogP contribution in [-0.4, -0.2) is 29.1 Å². The molecule has 0 aliphatic heterocycles. The number of rotatable bonds is 6. The van der Waals surface area contributed by atoms with E-state index in [-0.39, 0.29) is 0 Å². The van der Waals surface area contributed by atoms with Gasteiger partial charge in [-0.3, -0.25) is 0 Å². The lowest BCUT2D eigenvalue weighted by molar-refractivity contribution is 0.369. The zero-order chi connectivity index (χ0) is 10.5. The summed E-state index contributed by atoms with van der Waals surface area (Å²) in [5, 5.41) is 0.467. The third-order valence-electron chi connectivity index (χ3n) is 1.18. The lowest BCUT2D eigenvalue weighted by Crippen LogP contribution is -2.12. The van der Waals surface area contributed by atoms with Crippen LogP contribution in [0.25, 0.3) is 0 Å². The van der Waals surface area contributed by atoms with Crippen LogP contribution < -0.4 is 0 Å². The van der Waals surface area contributed by atoms with Crippen LogP contribution in [-0.2, 0) is 16.3 Å². The summed E-state index contributed by atoms with van der Waals surface area (Å²) < 4.78 is 7.46. The van der Waals surface area contributed by atoms with E-state index in [1.165, 1.54) is 0 Å². The molecule has 0 aromatic rings. The first-order valence-corrected chi connectivity index (χ1v) is 8.70. The molecule has 0 spiro atoms. The second kappa shape index (κ2) is 6.36. The molecule has 1 atom stereocenters. The molecular weight excluding hydrogens is 241 g/mol. The van der Waals surface area contributed by atoms with E-state index < -0.39 is 5.62 Å². The lowest BCUT2D eigenvalue weighted by Gasteiger charge is -2.29. The summed E-state index contributed by atoms with van der Waals surface area (Å²) in [7, 11) is 1.89. The van der Waals surface area contributed by atoms with Gasteiger partial charge in [-0.1, -0.05) is 37.4 Å². The third-order valence-corrected chi connectivity index (χ3v) is 8.83. The molecule has 1 unspecified atom stereocenters. The van der Waals surface area contributed by atoms with E-state index in [0.717, 1.165) is 0 Å². The molecule has 2 nitrogen and oxygen atoms in total. The largest absolute Gasteiger partial charge is 0.327 e. The van der Waals surface area contributed by atoms with Gasteiger partial charge >= 0.3 is 0 Å². The van der Waals surface area contributed by atoms with Gasteiger partial charge in [0.05, 0.1) is 12.1 Å². The third kappa shape index (κ3) is 4.75. The summed E-state index contributed by atoms with van der Waals surface area (Å²) in [5.74, 6) is 0. The first kappa shape index (κ1) is 13.8. The lowest BCUT2D eigenvalue weighted by atomic mass is 10.6. The van der Waals surface area contributed by atoms with Crippen molar-refractivity contribution in [1.82, 2.24) is 4.67 Å². The standard InChI is InChI=1S/C7H16NOPS3/c1-5-9-10(12,8(4)6-11)13-7(2)3/h6-7H,5H2,1-4H3. The highest BCUT2D eigenvalue weighted by molar-refractivity contribution is 8.69. The van der Waals surface area contributed by atoms with Crippen molar-refractivity contribution in [2.24, 2.45) is 0 Å². The molecule has 0 fully saturated rings. The van der Waals surface area contributed by atoms with Gasteiger partial charge in [-0.05, 0) is 18.7 Å². The first-order valence-electron chi connectivity index (χ1n) is 4.08. The Morgan fingerprint density at radius 2 is 2.15 bits per heavy atom. The van der Waals surface area contributed by atoms with Crippen molar-refractivity contribution in [3.63, 3.8) is 0 Å². The van der Waals surface area contributed by atoms with Crippen molar-refractivity contribution in [2.75, 3.05) is 13.7 Å². The highest BCUT2D eigenvalue weighted by atomic mass is 32.9. The second-order valence-corrected chi connectivity index (χ2v) is 10.2. The topological polar surface area (TPSA) is 12.5 Å². The highest BCUT2D eigenvalue weighted by Gasteiger charge is 2.23. The Labute approximate surface area is 95.3 Å². The normalized spacial score (nSPS) is 15.5. The fraction of sp³-hybridized carbons (Fsp3) is 0.857. The summed E-state index contributed by atoms with van der Waals surface area (Å²) in [6, 6.07) is 0. The van der Waals surface area contributed by atoms with E-state index in [1.807, 2.05) is 18.6 Å². The summed E-state index contributed by atoms with van der Waals surface area (Å²) in [5.41, 5.74) is -0.368. The number of thiocarbonyl (C=S) groups is 1. The Morgan fingerprint density at radius 1 is 1.62 bits per heavy atom. The molecule has 0 aromatic heterocycles. The summed E-state index contributed by atoms with van der Waals surface area (Å²) in [4.78, 5) is 0. The number of nitrogens with zero attached hydrogens (tertiary/aromatic N) is 1. The minimum absolute atomic E-state index is 0.467. The van der Waals surface area contributed by atoms with Gasteiger partial charge in [0.2, 0.25) is 5.62 Å². The fourth-order valence-corrected chi connectivity index (χ4v) is 7.50. The molecule has 0 aliphatic carbocycles.